The summed E-state index contributed by atoms with van der Waals surface area (Å²) in [5.74, 6) is 1.30. The fourth-order valence-electron chi connectivity index (χ4n) is 1.71. The molecule has 58 valence electrons. The summed E-state index contributed by atoms with van der Waals surface area (Å²) in [5, 5.41) is 8.69. The highest BCUT2D eigenvalue weighted by Gasteiger charge is 2.24. The Morgan fingerprint density at radius 1 is 1.60 bits per heavy atom. The molecule has 0 aromatic rings. The van der Waals surface area contributed by atoms with E-state index in [1.165, 1.54) is 18.4 Å². The summed E-state index contributed by atoms with van der Waals surface area (Å²) < 4.78 is 0. The number of rotatable bonds is 2. The predicted molar refractivity (Wildman–Crippen MR) is 42.7 cm³/mol. The molecule has 0 radical (unpaired) electrons. The van der Waals surface area contributed by atoms with E-state index in [1.807, 2.05) is 0 Å². The van der Waals surface area contributed by atoms with Crippen molar-refractivity contribution in [3.63, 3.8) is 0 Å². The van der Waals surface area contributed by atoms with Gasteiger partial charge in [0.25, 0.3) is 0 Å². The van der Waals surface area contributed by atoms with Gasteiger partial charge in [0.15, 0.2) is 0 Å². The fourth-order valence-corrected chi connectivity index (χ4v) is 1.71. The van der Waals surface area contributed by atoms with Gasteiger partial charge in [-0.1, -0.05) is 19.1 Å². The lowest BCUT2D eigenvalue weighted by atomic mass is 9.97. The molecular weight excluding hydrogens is 124 g/mol. The maximum absolute atomic E-state index is 8.69. The van der Waals surface area contributed by atoms with Crippen molar-refractivity contribution in [2.75, 3.05) is 6.61 Å². The third-order valence-electron chi connectivity index (χ3n) is 2.58. The van der Waals surface area contributed by atoms with E-state index < -0.39 is 0 Å². The van der Waals surface area contributed by atoms with Crippen LogP contribution in [0.25, 0.3) is 0 Å². The van der Waals surface area contributed by atoms with Gasteiger partial charge in [-0.25, -0.2) is 0 Å². The zero-order valence-corrected chi connectivity index (χ0v) is 6.64. The smallest absolute Gasteiger partial charge is 0.0436 e. The molecule has 1 rings (SSSR count). The summed E-state index contributed by atoms with van der Waals surface area (Å²) in [5.41, 5.74) is 1.36. The molecule has 10 heavy (non-hydrogen) atoms. The highest BCUT2D eigenvalue weighted by Crippen LogP contribution is 2.36. The Morgan fingerprint density at radius 3 is 2.70 bits per heavy atom. The van der Waals surface area contributed by atoms with E-state index in [1.54, 1.807) is 0 Å². The summed E-state index contributed by atoms with van der Waals surface area (Å²) in [6.07, 6.45) is 3.42. The molecule has 1 N–H and O–H groups in total. The Balaban J connectivity index is 2.41. The van der Waals surface area contributed by atoms with E-state index in [4.69, 9.17) is 5.11 Å². The fraction of sp³-hybridized carbons (Fsp3) is 0.778. The lowest BCUT2D eigenvalue weighted by molar-refractivity contribution is 0.268. The molecule has 0 saturated heterocycles. The quantitative estimate of drug-likeness (QED) is 0.581. The maximum atomic E-state index is 8.69. The molecule has 1 saturated carbocycles. The molecule has 1 nitrogen and oxygen atoms in total. The standard InChI is InChI=1S/C9H16O/c1-7-3-4-9(5-6-10)8(7)2/h7,9-10H,2-6H2,1H3. The van der Waals surface area contributed by atoms with Crippen molar-refractivity contribution >= 4 is 0 Å². The third-order valence-corrected chi connectivity index (χ3v) is 2.58. The molecule has 1 fully saturated rings. The Morgan fingerprint density at radius 2 is 2.30 bits per heavy atom. The van der Waals surface area contributed by atoms with Crippen LogP contribution >= 0.6 is 0 Å². The van der Waals surface area contributed by atoms with E-state index in [-0.39, 0.29) is 0 Å². The second kappa shape index (κ2) is 3.20. The van der Waals surface area contributed by atoms with Crippen LogP contribution in [0.15, 0.2) is 12.2 Å². The normalized spacial score (nSPS) is 33.2. The van der Waals surface area contributed by atoms with E-state index in [9.17, 15) is 0 Å². The van der Waals surface area contributed by atoms with Crippen molar-refractivity contribution in [3.8, 4) is 0 Å². The van der Waals surface area contributed by atoms with Crippen LogP contribution < -0.4 is 0 Å². The highest BCUT2D eigenvalue weighted by atomic mass is 16.3. The van der Waals surface area contributed by atoms with Gasteiger partial charge in [0.2, 0.25) is 0 Å². The molecule has 0 heterocycles. The molecule has 0 aromatic heterocycles. The summed E-state index contributed by atoms with van der Waals surface area (Å²) >= 11 is 0. The van der Waals surface area contributed by atoms with Gasteiger partial charge >= 0.3 is 0 Å². The lowest BCUT2D eigenvalue weighted by Crippen LogP contribution is -2.00. The first-order valence-corrected chi connectivity index (χ1v) is 4.05. The van der Waals surface area contributed by atoms with Gasteiger partial charge in [0.1, 0.15) is 0 Å². The monoisotopic (exact) mass is 140 g/mol. The minimum absolute atomic E-state index is 0.316. The molecule has 1 aliphatic carbocycles. The van der Waals surface area contributed by atoms with Crippen LogP contribution in [0.4, 0.5) is 0 Å². The Kier molecular flexibility index (Phi) is 2.50. The molecule has 2 unspecified atom stereocenters. The van der Waals surface area contributed by atoms with Crippen molar-refractivity contribution in [3.05, 3.63) is 12.2 Å². The minimum atomic E-state index is 0.316. The van der Waals surface area contributed by atoms with Crippen molar-refractivity contribution in [1.29, 1.82) is 0 Å². The molecule has 0 aliphatic heterocycles. The van der Waals surface area contributed by atoms with Gasteiger partial charge in [0.05, 0.1) is 0 Å². The van der Waals surface area contributed by atoms with Crippen LogP contribution in [0.1, 0.15) is 26.2 Å². The molecular formula is C9H16O. The number of allylic oxidation sites excluding steroid dienone is 1. The molecule has 0 spiro atoms. The van der Waals surface area contributed by atoms with Gasteiger partial charge in [-0.15, -0.1) is 0 Å². The topological polar surface area (TPSA) is 20.2 Å². The van der Waals surface area contributed by atoms with Crippen molar-refractivity contribution in [2.45, 2.75) is 26.2 Å². The van der Waals surface area contributed by atoms with Crippen molar-refractivity contribution in [1.82, 2.24) is 0 Å². The van der Waals surface area contributed by atoms with Gasteiger partial charge in [-0.2, -0.15) is 0 Å². The summed E-state index contributed by atoms with van der Waals surface area (Å²) in [6.45, 7) is 6.56. The Bertz CT molecular complexity index is 127. The largest absolute Gasteiger partial charge is 0.396 e. The average molecular weight is 140 g/mol. The zero-order valence-electron chi connectivity index (χ0n) is 6.64. The SMILES string of the molecule is C=C1C(C)CCC1CCO. The minimum Gasteiger partial charge on any atom is -0.396 e. The summed E-state index contributed by atoms with van der Waals surface area (Å²) in [7, 11) is 0. The first kappa shape index (κ1) is 7.80. The third kappa shape index (κ3) is 1.40. The first-order valence-electron chi connectivity index (χ1n) is 4.05. The Labute approximate surface area is 62.8 Å². The molecule has 2 atom stereocenters. The number of aliphatic hydroxyl groups is 1. The van der Waals surface area contributed by atoms with Crippen LogP contribution in [0.3, 0.4) is 0 Å². The summed E-state index contributed by atoms with van der Waals surface area (Å²) in [6, 6.07) is 0. The van der Waals surface area contributed by atoms with Crippen molar-refractivity contribution in [2.24, 2.45) is 11.8 Å². The summed E-state index contributed by atoms with van der Waals surface area (Å²) in [4.78, 5) is 0. The molecule has 0 aromatic carbocycles. The molecule has 1 heteroatoms. The van der Waals surface area contributed by atoms with E-state index in [2.05, 4.69) is 13.5 Å². The van der Waals surface area contributed by atoms with E-state index in [0.29, 0.717) is 18.4 Å². The number of hydrogen-bond donors (Lipinski definition) is 1. The number of hydrogen-bond acceptors (Lipinski definition) is 1. The molecule has 1 aliphatic rings. The predicted octanol–water partition coefficient (Wildman–Crippen LogP) is 1.97. The second-order valence-electron chi connectivity index (χ2n) is 3.26. The Hall–Kier alpha value is -0.300. The number of aliphatic hydroxyl groups excluding tert-OH is 1. The molecule has 0 amide bonds. The molecule has 0 bridgehead atoms. The van der Waals surface area contributed by atoms with Crippen LogP contribution in [0.2, 0.25) is 0 Å². The van der Waals surface area contributed by atoms with Crippen LogP contribution in [-0.4, -0.2) is 11.7 Å². The lowest BCUT2D eigenvalue weighted by Gasteiger charge is -2.09. The highest BCUT2D eigenvalue weighted by molar-refractivity contribution is 5.09. The van der Waals surface area contributed by atoms with E-state index >= 15 is 0 Å². The van der Waals surface area contributed by atoms with Gasteiger partial charge in [-0.05, 0) is 31.1 Å². The van der Waals surface area contributed by atoms with Crippen LogP contribution in [0, 0.1) is 11.8 Å². The first-order chi connectivity index (χ1) is 4.75. The van der Waals surface area contributed by atoms with Crippen LogP contribution in [-0.2, 0) is 0 Å². The van der Waals surface area contributed by atoms with Gasteiger partial charge in [-0.3, -0.25) is 0 Å². The zero-order chi connectivity index (χ0) is 7.56. The van der Waals surface area contributed by atoms with Crippen LogP contribution in [0.5, 0.6) is 0 Å². The van der Waals surface area contributed by atoms with E-state index in [0.717, 1.165) is 6.42 Å². The maximum Gasteiger partial charge on any atom is 0.0436 e. The van der Waals surface area contributed by atoms with Gasteiger partial charge < -0.3 is 5.11 Å². The van der Waals surface area contributed by atoms with Gasteiger partial charge in [0, 0.05) is 6.61 Å². The second-order valence-corrected chi connectivity index (χ2v) is 3.26. The average Bonchev–Trinajstić information content (AvgIpc) is 2.20. The van der Waals surface area contributed by atoms with Crippen molar-refractivity contribution < 1.29 is 5.11 Å².